The first-order valence-electron chi connectivity index (χ1n) is 10.2. The Morgan fingerprint density at radius 1 is 1.03 bits per heavy atom. The number of rotatable bonds is 7. The van der Waals surface area contributed by atoms with Crippen molar-refractivity contribution in [1.29, 1.82) is 0 Å². The molecule has 0 spiro atoms. The van der Waals surface area contributed by atoms with Crippen molar-refractivity contribution in [2.45, 2.75) is 37.8 Å². The Morgan fingerprint density at radius 2 is 1.62 bits per heavy atom. The number of nitrogens with one attached hydrogen (secondary N) is 2. The molecule has 0 aliphatic carbocycles. The molecule has 2 atom stereocenters. The fourth-order valence-corrected chi connectivity index (χ4v) is 3.78. The van der Waals surface area contributed by atoms with Crippen LogP contribution in [0, 0.1) is 12.3 Å². The Kier molecular flexibility index (Phi) is 9.94. The van der Waals surface area contributed by atoms with Gasteiger partial charge in [-0.2, -0.15) is 26.3 Å². The second-order valence-electron chi connectivity index (χ2n) is 7.62. The number of carbonyl (C=O) groups is 2. The molecule has 198 valence electrons. The summed E-state index contributed by atoms with van der Waals surface area (Å²) in [7, 11) is 0. The molecule has 2 rings (SSSR count). The lowest BCUT2D eigenvalue weighted by Gasteiger charge is -2.19. The standard InChI is InChI=1S/C24H17Cl3F6N2O2/c1-3-4-20(36)34-12(2)35-22(37)15-7-5-13(9-17(15)24(31,32)33)6-8-16(23(28,29)30)14-10-18(25)21(27)19(26)11-14/h1,5-12,16H,4H2,2H3,(H,34,36)(H,35,37)/b8-6+/t12-,16?/m1/s1. The van der Waals surface area contributed by atoms with Crippen molar-refractivity contribution in [3.05, 3.63) is 73.7 Å². The van der Waals surface area contributed by atoms with Gasteiger partial charge in [-0.1, -0.05) is 58.9 Å². The lowest BCUT2D eigenvalue weighted by Crippen LogP contribution is -2.46. The molecule has 0 bridgehead atoms. The number of hydrogen-bond donors (Lipinski definition) is 2. The molecule has 0 aromatic heterocycles. The van der Waals surface area contributed by atoms with Crippen LogP contribution < -0.4 is 10.6 Å². The van der Waals surface area contributed by atoms with E-state index in [9.17, 15) is 35.9 Å². The predicted molar refractivity (Wildman–Crippen MR) is 129 cm³/mol. The van der Waals surface area contributed by atoms with Gasteiger partial charge in [-0.15, -0.1) is 6.42 Å². The molecular weight excluding hydrogens is 569 g/mol. The monoisotopic (exact) mass is 584 g/mol. The maximum absolute atomic E-state index is 13.7. The van der Waals surface area contributed by atoms with Gasteiger partial charge in [-0.3, -0.25) is 9.59 Å². The summed E-state index contributed by atoms with van der Waals surface area (Å²) in [5, 5.41) is 3.86. The average molecular weight is 586 g/mol. The molecule has 0 radical (unpaired) electrons. The molecule has 4 nitrogen and oxygen atoms in total. The maximum atomic E-state index is 13.7. The molecule has 2 aromatic carbocycles. The van der Waals surface area contributed by atoms with E-state index >= 15 is 0 Å². The van der Waals surface area contributed by atoms with E-state index in [0.29, 0.717) is 12.1 Å². The quantitative estimate of drug-likeness (QED) is 0.156. The Morgan fingerprint density at radius 3 is 2.14 bits per heavy atom. The lowest BCUT2D eigenvalue weighted by molar-refractivity contribution is -0.139. The van der Waals surface area contributed by atoms with E-state index in [1.54, 1.807) is 0 Å². The second kappa shape index (κ2) is 12.1. The summed E-state index contributed by atoms with van der Waals surface area (Å²) < 4.78 is 82.3. The summed E-state index contributed by atoms with van der Waals surface area (Å²) in [6.07, 6.45) is -4.77. The summed E-state index contributed by atoms with van der Waals surface area (Å²) in [4.78, 5) is 23.9. The average Bonchev–Trinajstić information content (AvgIpc) is 2.75. The van der Waals surface area contributed by atoms with E-state index in [2.05, 4.69) is 16.6 Å². The number of carbonyl (C=O) groups excluding carboxylic acids is 2. The third-order valence-electron chi connectivity index (χ3n) is 4.78. The molecule has 13 heteroatoms. The van der Waals surface area contributed by atoms with Gasteiger partial charge in [0.15, 0.2) is 0 Å². The van der Waals surface area contributed by atoms with Gasteiger partial charge in [0.05, 0.1) is 44.7 Å². The van der Waals surface area contributed by atoms with Gasteiger partial charge in [0.25, 0.3) is 5.91 Å². The van der Waals surface area contributed by atoms with Gasteiger partial charge in [0.2, 0.25) is 5.91 Å². The molecule has 0 saturated carbocycles. The van der Waals surface area contributed by atoms with Crippen molar-refractivity contribution < 1.29 is 35.9 Å². The van der Waals surface area contributed by atoms with E-state index in [1.807, 2.05) is 0 Å². The van der Waals surface area contributed by atoms with Gasteiger partial charge in [-0.25, -0.2) is 0 Å². The molecular formula is C24H17Cl3F6N2O2. The van der Waals surface area contributed by atoms with Crippen LogP contribution in [-0.4, -0.2) is 24.2 Å². The van der Waals surface area contributed by atoms with E-state index in [0.717, 1.165) is 30.3 Å². The Hall–Kier alpha value is -2.87. The van der Waals surface area contributed by atoms with Crippen molar-refractivity contribution in [3.8, 4) is 12.3 Å². The highest BCUT2D eigenvalue weighted by atomic mass is 35.5. The van der Waals surface area contributed by atoms with Crippen LogP contribution in [0.3, 0.4) is 0 Å². The highest BCUT2D eigenvalue weighted by Gasteiger charge is 2.40. The smallest absolute Gasteiger partial charge is 0.335 e. The third-order valence-corrected chi connectivity index (χ3v) is 5.98. The minimum Gasteiger partial charge on any atom is -0.335 e. The molecule has 2 aromatic rings. The van der Waals surface area contributed by atoms with Crippen LogP contribution in [0.15, 0.2) is 36.4 Å². The second-order valence-corrected chi connectivity index (χ2v) is 8.82. The maximum Gasteiger partial charge on any atom is 0.417 e. The van der Waals surface area contributed by atoms with Crippen molar-refractivity contribution in [1.82, 2.24) is 10.6 Å². The van der Waals surface area contributed by atoms with Crippen LogP contribution in [0.5, 0.6) is 0 Å². The van der Waals surface area contributed by atoms with Crippen LogP contribution in [-0.2, 0) is 11.0 Å². The Labute approximate surface area is 223 Å². The van der Waals surface area contributed by atoms with Crippen LogP contribution in [0.4, 0.5) is 26.3 Å². The zero-order valence-electron chi connectivity index (χ0n) is 18.7. The van der Waals surface area contributed by atoms with Crippen molar-refractivity contribution in [3.63, 3.8) is 0 Å². The summed E-state index contributed by atoms with van der Waals surface area (Å²) >= 11 is 17.4. The van der Waals surface area contributed by atoms with Gasteiger partial charge < -0.3 is 10.6 Å². The molecule has 0 saturated heterocycles. The number of amides is 2. The van der Waals surface area contributed by atoms with Crippen LogP contribution in [0.2, 0.25) is 15.1 Å². The minimum atomic E-state index is -5.02. The fraction of sp³-hybridized carbons (Fsp3) is 0.250. The highest BCUT2D eigenvalue weighted by Crippen LogP contribution is 2.41. The third kappa shape index (κ3) is 8.32. The number of hydrogen-bond acceptors (Lipinski definition) is 2. The zero-order chi connectivity index (χ0) is 28.1. The minimum absolute atomic E-state index is 0.148. The molecule has 0 aliphatic heterocycles. The first-order chi connectivity index (χ1) is 17.0. The topological polar surface area (TPSA) is 58.2 Å². The Balaban J connectivity index is 2.40. The van der Waals surface area contributed by atoms with E-state index in [-0.39, 0.29) is 32.6 Å². The Bertz CT molecular complexity index is 1230. The summed E-state index contributed by atoms with van der Waals surface area (Å²) in [6, 6.07) is 4.29. The van der Waals surface area contributed by atoms with Gasteiger partial charge >= 0.3 is 12.4 Å². The van der Waals surface area contributed by atoms with Crippen LogP contribution in [0.1, 0.15) is 46.3 Å². The molecule has 2 N–H and O–H groups in total. The van der Waals surface area contributed by atoms with Crippen molar-refractivity contribution in [2.24, 2.45) is 0 Å². The first kappa shape index (κ1) is 30.4. The van der Waals surface area contributed by atoms with Gasteiger partial charge in [0, 0.05) is 0 Å². The van der Waals surface area contributed by atoms with Crippen LogP contribution >= 0.6 is 34.8 Å². The summed E-state index contributed by atoms with van der Waals surface area (Å²) in [5.41, 5.74) is -2.84. The van der Waals surface area contributed by atoms with Gasteiger partial charge in [0.1, 0.15) is 0 Å². The normalized spacial score (nSPS) is 13.6. The molecule has 0 heterocycles. The number of halogens is 9. The number of allylic oxidation sites excluding steroid dienone is 1. The van der Waals surface area contributed by atoms with E-state index < -0.39 is 47.4 Å². The largest absolute Gasteiger partial charge is 0.417 e. The molecule has 0 aliphatic rings. The zero-order valence-corrected chi connectivity index (χ0v) is 21.0. The molecule has 37 heavy (non-hydrogen) atoms. The van der Waals surface area contributed by atoms with Crippen LogP contribution in [0.25, 0.3) is 6.08 Å². The first-order valence-corrected chi connectivity index (χ1v) is 11.3. The summed E-state index contributed by atoms with van der Waals surface area (Å²) in [5.74, 6) is -2.00. The fourth-order valence-electron chi connectivity index (χ4n) is 3.16. The molecule has 0 fully saturated rings. The predicted octanol–water partition coefficient (Wildman–Crippen LogP) is 7.24. The van der Waals surface area contributed by atoms with Crippen molar-refractivity contribution in [2.75, 3.05) is 0 Å². The summed E-state index contributed by atoms with van der Waals surface area (Å²) in [6.45, 7) is 1.31. The number of alkyl halides is 6. The number of benzene rings is 2. The van der Waals surface area contributed by atoms with Gasteiger partial charge in [-0.05, 0) is 42.3 Å². The van der Waals surface area contributed by atoms with Crippen molar-refractivity contribution >= 4 is 52.7 Å². The molecule has 2 amide bonds. The molecule has 1 unspecified atom stereocenters. The highest BCUT2D eigenvalue weighted by molar-refractivity contribution is 6.48. The van der Waals surface area contributed by atoms with E-state index in [4.69, 9.17) is 41.2 Å². The lowest BCUT2D eigenvalue weighted by atomic mass is 9.96. The number of terminal acetylenes is 1. The SMILES string of the molecule is C#CCC(=O)N[C@@H](C)NC(=O)c1ccc(/C=C/C(c2cc(Cl)c(Cl)c(Cl)c2)C(F)(F)F)cc1C(F)(F)F. The van der Waals surface area contributed by atoms with E-state index in [1.165, 1.54) is 6.92 Å².